The van der Waals surface area contributed by atoms with Crippen molar-refractivity contribution in [1.82, 2.24) is 65.1 Å². The number of carbonyl (C=O) groups is 1. The maximum absolute atomic E-state index is 14.4. The van der Waals surface area contributed by atoms with E-state index in [1.54, 1.807) is 39.1 Å². The van der Waals surface area contributed by atoms with Gasteiger partial charge in [-0.05, 0) is 139 Å². The second kappa shape index (κ2) is 31.9. The molecule has 0 spiro atoms. The Kier molecular flexibility index (Phi) is 23.1. The Labute approximate surface area is 657 Å². The first-order chi connectivity index (χ1) is 53.4. The number of aryl methyl sites for hydroxylation is 5. The van der Waals surface area contributed by atoms with E-state index in [1.807, 2.05) is 77.2 Å². The van der Waals surface area contributed by atoms with Crippen LogP contribution in [0.15, 0.2) is 61.1 Å². The molecule has 3 saturated carbocycles. The minimum atomic E-state index is -5.94. The first kappa shape index (κ1) is 81.8. The van der Waals surface area contributed by atoms with Crippen LogP contribution in [0.3, 0.4) is 0 Å². The summed E-state index contributed by atoms with van der Waals surface area (Å²) in [7, 11) is 0. The maximum atomic E-state index is 14.4. The van der Waals surface area contributed by atoms with E-state index in [1.165, 1.54) is 55.8 Å². The first-order valence-electron chi connectivity index (χ1n) is 37.0. The highest BCUT2D eigenvalue weighted by atomic mass is 32.1. The number of amides is 1. The van der Waals surface area contributed by atoms with E-state index in [0.29, 0.717) is 49.7 Å². The predicted molar refractivity (Wildman–Crippen MR) is 418 cm³/mol. The van der Waals surface area contributed by atoms with Crippen molar-refractivity contribution in [2.75, 3.05) is 64.8 Å². The number of nitrogens with zero attached hydrogens (tertiary/aromatic N) is 12. The highest BCUT2D eigenvalue weighted by molar-refractivity contribution is 7.22. The monoisotopic (exact) mass is 1620 g/mol. The molecule has 3 aliphatic carbocycles. The lowest BCUT2D eigenvalue weighted by Gasteiger charge is -2.36. The molecule has 13 atom stereocenters. The molecule has 1 amide bonds. The van der Waals surface area contributed by atoms with Crippen LogP contribution < -0.4 is 46.7 Å². The molecule has 9 aromatic heterocycles. The number of alkyl halides is 5. The third-order valence-corrected chi connectivity index (χ3v) is 24.2. The van der Waals surface area contributed by atoms with E-state index in [9.17, 15) is 62.5 Å². The minimum absolute atomic E-state index is 0.00576. The molecule has 3 aliphatic rings. The van der Waals surface area contributed by atoms with E-state index >= 15 is 0 Å². The van der Waals surface area contributed by atoms with Crippen LogP contribution in [0.1, 0.15) is 121 Å². The van der Waals surface area contributed by atoms with E-state index in [-0.39, 0.29) is 125 Å². The van der Waals surface area contributed by atoms with Crippen molar-refractivity contribution in [2.24, 2.45) is 17.8 Å². The summed E-state index contributed by atoms with van der Waals surface area (Å²) >= 11 is 3.64. The second-order valence-electron chi connectivity index (χ2n) is 29.9. The third kappa shape index (κ3) is 16.5. The zero-order valence-corrected chi connectivity index (χ0v) is 66.3. The quantitative estimate of drug-likeness (QED) is 0.0153. The van der Waals surface area contributed by atoms with Gasteiger partial charge in [-0.2, -0.15) is 36.9 Å². The van der Waals surface area contributed by atoms with Gasteiger partial charge in [0.05, 0.1) is 84.4 Å². The average molecular weight is 1620 g/mol. The van der Waals surface area contributed by atoms with E-state index < -0.39 is 108 Å². The number of benzene rings is 1. The molecular weight excluding hydrogens is 1530 g/mol. The van der Waals surface area contributed by atoms with Gasteiger partial charge in [-0.1, -0.05) is 29.8 Å². The molecule has 0 aliphatic heterocycles. The Balaban J connectivity index is 0.869. The van der Waals surface area contributed by atoms with Crippen LogP contribution >= 0.6 is 34.0 Å². The number of aliphatic hydroxyl groups is 7. The van der Waals surface area contributed by atoms with E-state index in [4.69, 9.17) is 54.1 Å². The molecule has 38 heteroatoms. The van der Waals surface area contributed by atoms with Crippen molar-refractivity contribution in [1.29, 1.82) is 0 Å². The Morgan fingerprint density at radius 3 is 1.77 bits per heavy atom. The molecule has 13 unspecified atom stereocenters. The van der Waals surface area contributed by atoms with Gasteiger partial charge >= 0.3 is 12.1 Å². The summed E-state index contributed by atoms with van der Waals surface area (Å²) in [5.41, 5.74) is -2.04. The molecule has 10 aromatic rings. The summed E-state index contributed by atoms with van der Waals surface area (Å²) in [6.45, 7) is 19.3. The Hall–Kier alpha value is -9.22. The number of pyridine rings is 3. The fourth-order valence-electron chi connectivity index (χ4n) is 14.9. The number of aliphatic hydroxyl groups excluding tert-OH is 4. The molecule has 113 heavy (non-hydrogen) atoms. The lowest BCUT2D eigenvalue weighted by molar-refractivity contribution is -0.275. The summed E-state index contributed by atoms with van der Waals surface area (Å²) < 4.78 is 90.6. The number of hydrogen-bond acceptors (Lipinski definition) is 32. The van der Waals surface area contributed by atoms with Gasteiger partial charge in [-0.3, -0.25) is 9.78 Å². The molecule has 0 radical (unpaired) electrons. The van der Waals surface area contributed by atoms with Gasteiger partial charge in [0.1, 0.15) is 67.3 Å². The molecule has 604 valence electrons. The van der Waals surface area contributed by atoms with Gasteiger partial charge in [-0.25, -0.2) is 39.9 Å². The Morgan fingerprint density at radius 1 is 0.664 bits per heavy atom. The van der Waals surface area contributed by atoms with Crippen LogP contribution in [0.4, 0.5) is 57.3 Å². The fourth-order valence-corrected chi connectivity index (χ4v) is 18.1. The SMILES string of the molecule is CCNC(=O)C(O)C1CCC(O)(Nc2nc(NC(C)COCC)nc(C)c2-c2nc3c(OC4(C)C(Nc5nc(NC(C)c6ccc(C)cc6)nc(C)c5-c5nc6c(C)nccc6s5)CC(CO)C4O)nccc3s2)C1Oc1nccc2sc(-c3c(C)nc(NCC(F)(F)C(F)(F)F)nc3NC3(O)CCC(C(C)(C)O)C3O)nc12. The number of hydrogen-bond donors (Lipinski definition) is 14. The maximum Gasteiger partial charge on any atom is 0.455 e. The smallest absolute Gasteiger partial charge is 0.455 e. The van der Waals surface area contributed by atoms with Crippen LogP contribution in [0.2, 0.25) is 0 Å². The molecule has 13 rings (SSSR count). The Morgan fingerprint density at radius 2 is 1.19 bits per heavy atom. The van der Waals surface area contributed by atoms with Crippen LogP contribution in [-0.2, 0) is 9.53 Å². The normalized spacial score (nSPS) is 23.6. The summed E-state index contributed by atoms with van der Waals surface area (Å²) in [6, 6.07) is 12.0. The third-order valence-electron chi connectivity index (χ3n) is 21.1. The standard InChI is InChI=1S/C75H90F5N19O11S3/c1-13-81-61(104)54(101)42-19-24-73(107,57(42)109-62-52-45(22-27-83-62)112-65(93-52)49-37(7)88-67(85-32-74(76,77)75(78,79)80)96-59(49)98-72(106)25-20-43(56(72)103)70(10,11)105)99-60-50(38(8)89-68(97-60)86-34(4)31-108-14-2)66-94-53-46(113-66)23-28-84-63(53)110-71(12)47(29-41(30-100)55(71)102)91-58-48(64-92-51-39(9)82-26-21-44(51)111-64)36(6)90-69(95-58)87-35(5)40-17-15-33(3)16-18-40/h15-18,21-23,26-28,34-35,41-43,47,54-57,100-103,105-107H,13-14,19-20,24-25,29-32H2,1-12H3,(H,81,104)(H2,85,88,96,98)(H2,86,89,97,99)(H2,87,90,91,95). The molecule has 14 N–H and O–H groups in total. The van der Waals surface area contributed by atoms with Gasteiger partial charge in [0, 0.05) is 62.1 Å². The molecule has 3 fully saturated rings. The van der Waals surface area contributed by atoms with Crippen LogP contribution in [-0.4, -0.2) is 206 Å². The zero-order chi connectivity index (χ0) is 81.2. The number of rotatable bonds is 29. The molecule has 30 nitrogen and oxygen atoms in total. The van der Waals surface area contributed by atoms with Crippen LogP contribution in [0.25, 0.3) is 62.4 Å². The molecular formula is C75H90F5N19O11S3. The number of fused-ring (bicyclic) bond motifs is 3. The number of aromatic nitrogens is 12. The highest BCUT2D eigenvalue weighted by Crippen LogP contribution is 2.50. The van der Waals surface area contributed by atoms with Crippen molar-refractivity contribution in [3.63, 3.8) is 0 Å². The topological polar surface area (TPSA) is 425 Å². The Bertz CT molecular complexity index is 5160. The molecule has 1 aromatic carbocycles. The number of ether oxygens (including phenoxy) is 3. The predicted octanol–water partition coefficient (Wildman–Crippen LogP) is 10.3. The number of likely N-dealkylation sites (N-methyl/N-ethyl adjacent to an activating group) is 1. The van der Waals surface area contributed by atoms with Crippen molar-refractivity contribution in [3.8, 4) is 43.5 Å². The number of anilines is 6. The van der Waals surface area contributed by atoms with E-state index in [2.05, 4.69) is 51.8 Å². The molecule has 0 bridgehead atoms. The zero-order valence-electron chi connectivity index (χ0n) is 63.9. The number of carbonyl (C=O) groups excluding carboxylic acids is 1. The van der Waals surface area contributed by atoms with E-state index in [0.717, 1.165) is 38.4 Å². The number of nitrogens with one attached hydrogen (secondary N) is 7. The van der Waals surface area contributed by atoms with Crippen LogP contribution in [0, 0.1) is 52.4 Å². The summed E-state index contributed by atoms with van der Waals surface area (Å²) in [4.78, 5) is 71.3. The summed E-state index contributed by atoms with van der Waals surface area (Å²) in [5.74, 6) is -9.36. The minimum Gasteiger partial charge on any atom is -0.467 e. The van der Waals surface area contributed by atoms with Gasteiger partial charge in [0.25, 0.3) is 0 Å². The van der Waals surface area contributed by atoms with Crippen molar-refractivity contribution in [2.45, 2.75) is 192 Å². The molecule has 9 heterocycles. The largest absolute Gasteiger partial charge is 0.467 e. The fraction of sp³-hybridized carbons (Fsp3) is 0.507. The van der Waals surface area contributed by atoms with Crippen molar-refractivity contribution in [3.05, 3.63) is 95.0 Å². The lowest BCUT2D eigenvalue weighted by atomic mass is 9.87. The second-order valence-corrected chi connectivity index (χ2v) is 33.0. The van der Waals surface area contributed by atoms with Crippen molar-refractivity contribution >= 4 is 106 Å². The average Bonchev–Trinajstić information content (AvgIpc) is 1.65. The van der Waals surface area contributed by atoms with Crippen LogP contribution in [0.5, 0.6) is 11.8 Å². The van der Waals surface area contributed by atoms with Gasteiger partial charge < -0.3 is 87.2 Å². The number of halogens is 5. The first-order valence-corrected chi connectivity index (χ1v) is 39.4. The lowest BCUT2D eigenvalue weighted by Crippen LogP contribution is -2.54. The van der Waals surface area contributed by atoms with Gasteiger partial charge in [0.2, 0.25) is 35.5 Å². The molecule has 0 saturated heterocycles. The van der Waals surface area contributed by atoms with Crippen molar-refractivity contribution < 1.29 is 76.7 Å². The van der Waals surface area contributed by atoms with Gasteiger partial charge in [-0.15, -0.1) is 34.0 Å². The summed E-state index contributed by atoms with van der Waals surface area (Å²) in [5, 5.41) is 106. The highest BCUT2D eigenvalue weighted by Gasteiger charge is 2.59. The number of thiazole rings is 3. The summed E-state index contributed by atoms with van der Waals surface area (Å²) in [6.07, 6.45) is -7.89. The van der Waals surface area contributed by atoms with Gasteiger partial charge in [0.15, 0.2) is 23.2 Å².